The van der Waals surface area contributed by atoms with E-state index in [2.05, 4.69) is 21.9 Å². The number of urea groups is 1. The molecule has 110 valence electrons. The standard InChI is InChI=1S/C13H16F2N2O3/c1-8(2)7-16-13(18)17-10-6-9(19-3)4-5-11(10)20-12(14)15/h4-6,12H,1,7H2,2-3H3,(H2,16,17,18). The predicted molar refractivity (Wildman–Crippen MR) is 71.5 cm³/mol. The Morgan fingerprint density at radius 1 is 1.45 bits per heavy atom. The summed E-state index contributed by atoms with van der Waals surface area (Å²) in [6.45, 7) is 2.67. The second kappa shape index (κ2) is 7.32. The molecule has 0 unspecified atom stereocenters. The number of benzene rings is 1. The molecule has 7 heteroatoms. The highest BCUT2D eigenvalue weighted by Gasteiger charge is 2.13. The van der Waals surface area contributed by atoms with Gasteiger partial charge >= 0.3 is 12.6 Å². The quantitative estimate of drug-likeness (QED) is 0.790. The Balaban J connectivity index is 2.83. The van der Waals surface area contributed by atoms with Crippen molar-refractivity contribution in [2.75, 3.05) is 19.0 Å². The van der Waals surface area contributed by atoms with E-state index in [0.29, 0.717) is 5.75 Å². The maximum absolute atomic E-state index is 12.3. The molecule has 1 rings (SSSR count). The van der Waals surface area contributed by atoms with Gasteiger partial charge in [0.2, 0.25) is 0 Å². The van der Waals surface area contributed by atoms with E-state index in [-0.39, 0.29) is 18.0 Å². The van der Waals surface area contributed by atoms with Crippen molar-refractivity contribution < 1.29 is 23.0 Å². The highest BCUT2D eigenvalue weighted by molar-refractivity contribution is 5.91. The number of anilines is 1. The van der Waals surface area contributed by atoms with Crippen molar-refractivity contribution in [1.29, 1.82) is 0 Å². The van der Waals surface area contributed by atoms with E-state index < -0.39 is 12.6 Å². The molecule has 1 aromatic rings. The van der Waals surface area contributed by atoms with E-state index in [1.165, 1.54) is 25.3 Å². The Kier molecular flexibility index (Phi) is 5.76. The third kappa shape index (κ3) is 5.13. The van der Waals surface area contributed by atoms with E-state index in [1.807, 2.05) is 0 Å². The molecule has 0 saturated carbocycles. The second-order valence-corrected chi connectivity index (χ2v) is 4.01. The molecule has 0 bridgehead atoms. The van der Waals surface area contributed by atoms with Gasteiger partial charge in [-0.15, -0.1) is 0 Å². The van der Waals surface area contributed by atoms with Crippen LogP contribution in [0.4, 0.5) is 19.3 Å². The molecule has 0 radical (unpaired) electrons. The van der Waals surface area contributed by atoms with Crippen LogP contribution < -0.4 is 20.1 Å². The molecule has 2 amide bonds. The Hall–Kier alpha value is -2.31. The van der Waals surface area contributed by atoms with Crippen LogP contribution in [0.1, 0.15) is 6.92 Å². The molecule has 0 aliphatic heterocycles. The van der Waals surface area contributed by atoms with Gasteiger partial charge in [-0.3, -0.25) is 0 Å². The van der Waals surface area contributed by atoms with Crippen LogP contribution in [-0.2, 0) is 0 Å². The van der Waals surface area contributed by atoms with Gasteiger partial charge in [-0.1, -0.05) is 12.2 Å². The van der Waals surface area contributed by atoms with Crippen molar-refractivity contribution in [2.24, 2.45) is 0 Å². The number of hydrogen-bond donors (Lipinski definition) is 2. The second-order valence-electron chi connectivity index (χ2n) is 4.01. The van der Waals surface area contributed by atoms with Gasteiger partial charge in [-0.05, 0) is 19.1 Å². The molecule has 0 aliphatic carbocycles. The third-order valence-electron chi connectivity index (χ3n) is 2.20. The zero-order valence-electron chi connectivity index (χ0n) is 11.2. The fourth-order valence-corrected chi connectivity index (χ4v) is 1.33. The minimum atomic E-state index is -2.98. The summed E-state index contributed by atoms with van der Waals surface area (Å²) in [5.74, 6) is 0.257. The molecule has 0 spiro atoms. The number of ether oxygens (including phenoxy) is 2. The van der Waals surface area contributed by atoms with E-state index >= 15 is 0 Å². The van der Waals surface area contributed by atoms with E-state index in [1.54, 1.807) is 6.92 Å². The van der Waals surface area contributed by atoms with Crippen LogP contribution >= 0.6 is 0 Å². The molecule has 0 heterocycles. The summed E-state index contributed by atoms with van der Waals surface area (Å²) in [6, 6.07) is 3.58. The maximum Gasteiger partial charge on any atom is 0.387 e. The highest BCUT2D eigenvalue weighted by Crippen LogP contribution is 2.30. The molecular weight excluding hydrogens is 270 g/mol. The lowest BCUT2D eigenvalue weighted by atomic mass is 10.2. The van der Waals surface area contributed by atoms with Gasteiger partial charge in [-0.25, -0.2) is 4.79 Å². The smallest absolute Gasteiger partial charge is 0.387 e. The average molecular weight is 286 g/mol. The molecule has 2 N–H and O–H groups in total. The van der Waals surface area contributed by atoms with Gasteiger partial charge in [-0.2, -0.15) is 8.78 Å². The Bertz CT molecular complexity index is 493. The number of hydrogen-bond acceptors (Lipinski definition) is 3. The number of amides is 2. The zero-order chi connectivity index (χ0) is 15.1. The minimum absolute atomic E-state index is 0.0869. The fourth-order valence-electron chi connectivity index (χ4n) is 1.33. The SMILES string of the molecule is C=C(C)CNC(=O)Nc1cc(OC)ccc1OC(F)F. The number of carbonyl (C=O) groups is 1. The molecule has 0 saturated heterocycles. The highest BCUT2D eigenvalue weighted by atomic mass is 19.3. The first-order chi connectivity index (χ1) is 9.42. The lowest BCUT2D eigenvalue weighted by Gasteiger charge is -2.13. The van der Waals surface area contributed by atoms with Gasteiger partial charge in [0.05, 0.1) is 12.8 Å². The number of rotatable bonds is 6. The topological polar surface area (TPSA) is 59.6 Å². The first kappa shape index (κ1) is 15.7. The Labute approximate surface area is 115 Å². The average Bonchev–Trinajstić information content (AvgIpc) is 2.38. The van der Waals surface area contributed by atoms with Crippen molar-refractivity contribution in [1.82, 2.24) is 5.32 Å². The van der Waals surface area contributed by atoms with Gasteiger partial charge in [0, 0.05) is 12.6 Å². The fraction of sp³-hybridized carbons (Fsp3) is 0.308. The lowest BCUT2D eigenvalue weighted by Crippen LogP contribution is -2.30. The van der Waals surface area contributed by atoms with Crippen LogP contribution in [0, 0.1) is 0 Å². The number of methoxy groups -OCH3 is 1. The summed E-state index contributed by atoms with van der Waals surface area (Å²) in [5.41, 5.74) is 0.846. The first-order valence-corrected chi connectivity index (χ1v) is 5.74. The molecule has 5 nitrogen and oxygen atoms in total. The monoisotopic (exact) mass is 286 g/mol. The zero-order valence-corrected chi connectivity index (χ0v) is 11.2. The normalized spacial score (nSPS) is 10.1. The number of carbonyl (C=O) groups excluding carboxylic acids is 1. The summed E-state index contributed by atoms with van der Waals surface area (Å²) in [5, 5.41) is 4.93. The van der Waals surface area contributed by atoms with E-state index in [0.717, 1.165) is 5.57 Å². The van der Waals surface area contributed by atoms with Crippen LogP contribution in [0.5, 0.6) is 11.5 Å². The summed E-state index contributed by atoms with van der Waals surface area (Å²) in [7, 11) is 1.42. The van der Waals surface area contributed by atoms with Gasteiger partial charge < -0.3 is 20.1 Å². The summed E-state index contributed by atoms with van der Waals surface area (Å²) < 4.78 is 33.8. The van der Waals surface area contributed by atoms with Crippen LogP contribution in [0.2, 0.25) is 0 Å². The van der Waals surface area contributed by atoms with Crippen molar-refractivity contribution in [2.45, 2.75) is 13.5 Å². The molecule has 0 fully saturated rings. The van der Waals surface area contributed by atoms with E-state index in [4.69, 9.17) is 4.74 Å². The third-order valence-corrected chi connectivity index (χ3v) is 2.20. The summed E-state index contributed by atoms with van der Waals surface area (Å²) >= 11 is 0. The van der Waals surface area contributed by atoms with Crippen molar-refractivity contribution in [3.63, 3.8) is 0 Å². The summed E-state index contributed by atoms with van der Waals surface area (Å²) in [6.07, 6.45) is 0. The largest absolute Gasteiger partial charge is 0.497 e. The molecule has 20 heavy (non-hydrogen) atoms. The van der Waals surface area contributed by atoms with Gasteiger partial charge in [0.15, 0.2) is 0 Å². The Morgan fingerprint density at radius 2 is 2.15 bits per heavy atom. The number of alkyl halides is 2. The van der Waals surface area contributed by atoms with Gasteiger partial charge in [0.25, 0.3) is 0 Å². The Morgan fingerprint density at radius 3 is 2.70 bits per heavy atom. The van der Waals surface area contributed by atoms with E-state index in [9.17, 15) is 13.6 Å². The van der Waals surface area contributed by atoms with Crippen LogP contribution in [0.15, 0.2) is 30.4 Å². The van der Waals surface area contributed by atoms with Crippen molar-refractivity contribution in [3.05, 3.63) is 30.4 Å². The summed E-state index contributed by atoms with van der Waals surface area (Å²) in [4.78, 5) is 11.6. The molecular formula is C13H16F2N2O3. The van der Waals surface area contributed by atoms with Crippen molar-refractivity contribution in [3.8, 4) is 11.5 Å². The molecule has 0 atom stereocenters. The maximum atomic E-state index is 12.3. The van der Waals surface area contributed by atoms with Crippen LogP contribution in [0.25, 0.3) is 0 Å². The predicted octanol–water partition coefficient (Wildman–Crippen LogP) is 2.99. The van der Waals surface area contributed by atoms with Crippen LogP contribution in [-0.4, -0.2) is 26.3 Å². The number of halogens is 2. The number of nitrogens with one attached hydrogen (secondary N) is 2. The minimum Gasteiger partial charge on any atom is -0.497 e. The van der Waals surface area contributed by atoms with Gasteiger partial charge in [0.1, 0.15) is 11.5 Å². The van der Waals surface area contributed by atoms with Crippen molar-refractivity contribution >= 4 is 11.7 Å². The molecule has 1 aromatic carbocycles. The molecule has 0 aromatic heterocycles. The van der Waals surface area contributed by atoms with Crippen LogP contribution in [0.3, 0.4) is 0 Å². The lowest BCUT2D eigenvalue weighted by molar-refractivity contribution is -0.0493. The first-order valence-electron chi connectivity index (χ1n) is 5.74. The molecule has 0 aliphatic rings.